The lowest BCUT2D eigenvalue weighted by molar-refractivity contribution is -0.116. The van der Waals surface area contributed by atoms with Crippen molar-refractivity contribution in [2.45, 2.75) is 38.7 Å². The molecule has 0 fully saturated rings. The highest BCUT2D eigenvalue weighted by Crippen LogP contribution is 2.34. The number of carbonyl (C=O) groups is 2. The molecular formula is C20H21NO3. The van der Waals surface area contributed by atoms with Gasteiger partial charge in [0.15, 0.2) is 5.78 Å². The Morgan fingerprint density at radius 2 is 1.92 bits per heavy atom. The predicted molar refractivity (Wildman–Crippen MR) is 93.5 cm³/mol. The van der Waals surface area contributed by atoms with Crippen molar-refractivity contribution >= 4 is 17.4 Å². The van der Waals surface area contributed by atoms with Crippen molar-refractivity contribution in [2.24, 2.45) is 0 Å². The highest BCUT2D eigenvalue weighted by molar-refractivity contribution is 6.02. The molecule has 3 rings (SSSR count). The lowest BCUT2D eigenvalue weighted by atomic mass is 9.93. The smallest absolute Gasteiger partial charge is 0.224 e. The van der Waals surface area contributed by atoms with Crippen LogP contribution in [0.1, 0.15) is 42.6 Å². The van der Waals surface area contributed by atoms with Crippen LogP contribution in [0.15, 0.2) is 48.5 Å². The summed E-state index contributed by atoms with van der Waals surface area (Å²) in [6, 6.07) is 15.1. The van der Waals surface area contributed by atoms with Crippen LogP contribution in [-0.2, 0) is 11.2 Å². The van der Waals surface area contributed by atoms with E-state index in [0.29, 0.717) is 36.3 Å². The molecule has 1 heterocycles. The number of benzene rings is 2. The highest BCUT2D eigenvalue weighted by atomic mass is 16.5. The molecule has 0 bridgehead atoms. The summed E-state index contributed by atoms with van der Waals surface area (Å²) in [5.74, 6) is 0.559. The molecule has 4 heteroatoms. The zero-order valence-corrected chi connectivity index (χ0v) is 14.0. The van der Waals surface area contributed by atoms with Crippen molar-refractivity contribution in [2.75, 3.05) is 5.32 Å². The van der Waals surface area contributed by atoms with Gasteiger partial charge in [0, 0.05) is 12.1 Å². The summed E-state index contributed by atoms with van der Waals surface area (Å²) in [5, 5.41) is 2.86. The molecule has 0 saturated carbocycles. The van der Waals surface area contributed by atoms with Crippen LogP contribution in [0, 0.1) is 0 Å². The molecule has 0 unspecified atom stereocenters. The Morgan fingerprint density at radius 1 is 1.17 bits per heavy atom. The number of nitrogens with one attached hydrogen (secondary N) is 1. The normalized spacial score (nSPS) is 15.3. The minimum atomic E-state index is -0.482. The van der Waals surface area contributed by atoms with Gasteiger partial charge in [0.25, 0.3) is 0 Å². The van der Waals surface area contributed by atoms with Gasteiger partial charge in [-0.25, -0.2) is 0 Å². The lowest BCUT2D eigenvalue weighted by Gasteiger charge is -2.31. The number of fused-ring (bicyclic) bond motifs is 1. The fourth-order valence-electron chi connectivity index (χ4n) is 2.86. The molecule has 2 aromatic rings. The number of hydrogen-bond donors (Lipinski definition) is 1. The van der Waals surface area contributed by atoms with Crippen LogP contribution in [0.3, 0.4) is 0 Å². The summed E-state index contributed by atoms with van der Waals surface area (Å²) in [6.07, 6.45) is 1.43. The summed E-state index contributed by atoms with van der Waals surface area (Å²) in [6.45, 7) is 3.79. The number of ether oxygens (including phenoxy) is 1. The van der Waals surface area contributed by atoms with E-state index in [1.165, 1.54) is 0 Å². The van der Waals surface area contributed by atoms with E-state index in [1.54, 1.807) is 18.2 Å². The third-order valence-corrected chi connectivity index (χ3v) is 4.02. The number of anilines is 1. The molecule has 0 aromatic heterocycles. The Kier molecular flexibility index (Phi) is 4.38. The first kappa shape index (κ1) is 16.2. The van der Waals surface area contributed by atoms with E-state index in [-0.39, 0.29) is 11.7 Å². The minimum Gasteiger partial charge on any atom is -0.487 e. The first-order valence-electron chi connectivity index (χ1n) is 8.13. The summed E-state index contributed by atoms with van der Waals surface area (Å²) in [7, 11) is 0. The van der Waals surface area contributed by atoms with Crippen molar-refractivity contribution in [3.05, 3.63) is 59.7 Å². The van der Waals surface area contributed by atoms with Gasteiger partial charge in [-0.2, -0.15) is 0 Å². The molecule has 1 aliphatic rings. The molecule has 0 radical (unpaired) electrons. The summed E-state index contributed by atoms with van der Waals surface area (Å²) in [5.41, 5.74) is 1.81. The molecule has 1 amide bonds. The Labute approximate surface area is 141 Å². The maximum atomic E-state index is 12.3. The van der Waals surface area contributed by atoms with Gasteiger partial charge in [-0.3, -0.25) is 9.59 Å². The number of rotatable bonds is 4. The van der Waals surface area contributed by atoms with E-state index in [9.17, 15) is 9.59 Å². The fourth-order valence-corrected chi connectivity index (χ4v) is 2.86. The molecular weight excluding hydrogens is 302 g/mol. The van der Waals surface area contributed by atoms with Gasteiger partial charge in [0.2, 0.25) is 5.91 Å². The van der Waals surface area contributed by atoms with Gasteiger partial charge < -0.3 is 10.1 Å². The molecule has 1 N–H and O–H groups in total. The number of amides is 1. The molecule has 1 aliphatic heterocycles. The molecule has 2 aromatic carbocycles. The van der Waals surface area contributed by atoms with Crippen molar-refractivity contribution in [3.8, 4) is 5.75 Å². The van der Waals surface area contributed by atoms with E-state index >= 15 is 0 Å². The highest BCUT2D eigenvalue weighted by Gasteiger charge is 2.32. The van der Waals surface area contributed by atoms with E-state index in [4.69, 9.17) is 4.74 Å². The summed E-state index contributed by atoms with van der Waals surface area (Å²) < 4.78 is 5.82. The Bertz CT molecular complexity index is 766. The molecule has 4 nitrogen and oxygen atoms in total. The monoisotopic (exact) mass is 323 g/mol. The van der Waals surface area contributed by atoms with Gasteiger partial charge in [0.05, 0.1) is 12.0 Å². The first-order chi connectivity index (χ1) is 11.4. The third kappa shape index (κ3) is 3.82. The van der Waals surface area contributed by atoms with E-state index in [0.717, 1.165) is 5.56 Å². The van der Waals surface area contributed by atoms with Crippen molar-refractivity contribution in [3.63, 3.8) is 0 Å². The number of ketones is 1. The minimum absolute atomic E-state index is 0.0432. The quantitative estimate of drug-likeness (QED) is 0.925. The second-order valence-electron chi connectivity index (χ2n) is 6.71. The zero-order chi connectivity index (χ0) is 17.2. The van der Waals surface area contributed by atoms with Crippen LogP contribution in [0.5, 0.6) is 5.75 Å². The molecule has 0 atom stereocenters. The second-order valence-corrected chi connectivity index (χ2v) is 6.71. The maximum Gasteiger partial charge on any atom is 0.224 e. The Morgan fingerprint density at radius 3 is 2.67 bits per heavy atom. The van der Waals surface area contributed by atoms with E-state index in [2.05, 4.69) is 5.32 Å². The van der Waals surface area contributed by atoms with E-state index in [1.807, 2.05) is 44.2 Å². The van der Waals surface area contributed by atoms with Gasteiger partial charge >= 0.3 is 0 Å². The zero-order valence-electron chi connectivity index (χ0n) is 14.0. The Hall–Kier alpha value is -2.62. The number of hydrogen-bond acceptors (Lipinski definition) is 3. The van der Waals surface area contributed by atoms with Crippen LogP contribution < -0.4 is 10.1 Å². The molecule has 0 aliphatic carbocycles. The van der Waals surface area contributed by atoms with Crippen LogP contribution in [0.2, 0.25) is 0 Å². The molecule has 24 heavy (non-hydrogen) atoms. The maximum absolute atomic E-state index is 12.3. The SMILES string of the molecule is CC1(C)CC(=O)c2cc(NC(=O)CCc3ccccc3)ccc2O1. The number of carbonyl (C=O) groups excluding carboxylic acids is 2. The average Bonchev–Trinajstić information content (AvgIpc) is 2.54. The molecule has 0 spiro atoms. The first-order valence-corrected chi connectivity index (χ1v) is 8.13. The largest absolute Gasteiger partial charge is 0.487 e. The number of Topliss-reactive ketones (excluding diaryl/α,β-unsaturated/α-hetero) is 1. The molecule has 0 saturated heterocycles. The van der Waals surface area contributed by atoms with Gasteiger partial charge in [0.1, 0.15) is 11.4 Å². The lowest BCUT2D eigenvalue weighted by Crippen LogP contribution is -2.35. The van der Waals surface area contributed by atoms with Gasteiger partial charge in [-0.15, -0.1) is 0 Å². The average molecular weight is 323 g/mol. The second kappa shape index (κ2) is 6.48. The van der Waals surface area contributed by atoms with Crippen LogP contribution >= 0.6 is 0 Å². The topological polar surface area (TPSA) is 55.4 Å². The van der Waals surface area contributed by atoms with Crippen LogP contribution in [0.4, 0.5) is 5.69 Å². The van der Waals surface area contributed by atoms with Crippen LogP contribution in [-0.4, -0.2) is 17.3 Å². The summed E-state index contributed by atoms with van der Waals surface area (Å²) >= 11 is 0. The van der Waals surface area contributed by atoms with Crippen molar-refractivity contribution in [1.82, 2.24) is 0 Å². The Balaban J connectivity index is 1.65. The standard InChI is InChI=1S/C20H21NO3/c1-20(2)13-17(22)16-12-15(9-10-18(16)24-20)21-19(23)11-8-14-6-4-3-5-7-14/h3-7,9-10,12H,8,11,13H2,1-2H3,(H,21,23). The van der Waals surface area contributed by atoms with Gasteiger partial charge in [-0.05, 0) is 44.0 Å². The van der Waals surface area contributed by atoms with Gasteiger partial charge in [-0.1, -0.05) is 30.3 Å². The fraction of sp³-hybridized carbons (Fsp3) is 0.300. The predicted octanol–water partition coefficient (Wildman–Crippen LogP) is 4.00. The number of aryl methyl sites for hydroxylation is 1. The van der Waals surface area contributed by atoms with E-state index < -0.39 is 5.60 Å². The molecule has 124 valence electrons. The van der Waals surface area contributed by atoms with Crippen molar-refractivity contribution in [1.29, 1.82) is 0 Å². The van der Waals surface area contributed by atoms with Crippen LogP contribution in [0.25, 0.3) is 0 Å². The summed E-state index contributed by atoms with van der Waals surface area (Å²) in [4.78, 5) is 24.4. The van der Waals surface area contributed by atoms with Crippen molar-refractivity contribution < 1.29 is 14.3 Å². The third-order valence-electron chi connectivity index (χ3n) is 4.02.